The Labute approximate surface area is 172 Å². The summed E-state index contributed by atoms with van der Waals surface area (Å²) in [6.07, 6.45) is 0. The number of carbonyl (C=O) groups is 3. The Morgan fingerprint density at radius 3 is 2.21 bits per heavy atom. The normalized spacial score (nSPS) is 10.4. The molecule has 7 heteroatoms. The number of esters is 1. The summed E-state index contributed by atoms with van der Waals surface area (Å²) in [6, 6.07) is 20.6. The molecule has 0 saturated heterocycles. The van der Waals surface area contributed by atoms with E-state index in [0.717, 1.165) is 15.7 Å². The van der Waals surface area contributed by atoms with Crippen molar-refractivity contribution in [1.29, 1.82) is 0 Å². The first-order valence-corrected chi connectivity index (χ1v) is 9.93. The van der Waals surface area contributed by atoms with Crippen LogP contribution in [0, 0.1) is 0 Å². The van der Waals surface area contributed by atoms with Crippen LogP contribution in [0.4, 0.5) is 11.4 Å². The van der Waals surface area contributed by atoms with E-state index in [2.05, 4.69) is 10.6 Å². The number of anilines is 2. The Bertz CT molecular complexity index is 1030. The molecule has 0 aromatic heterocycles. The minimum atomic E-state index is -0.459. The number of nitrogens with one attached hydrogen (secondary N) is 2. The van der Waals surface area contributed by atoms with E-state index in [1.165, 1.54) is 18.7 Å². The van der Waals surface area contributed by atoms with Gasteiger partial charge in [0.15, 0.2) is 6.61 Å². The molecule has 3 aromatic rings. The fourth-order valence-electron chi connectivity index (χ4n) is 2.62. The predicted molar refractivity (Wildman–Crippen MR) is 115 cm³/mol. The average molecular weight is 408 g/mol. The fraction of sp³-hybridized carbons (Fsp3) is 0.136. The Balaban J connectivity index is 1.42. The first-order valence-electron chi connectivity index (χ1n) is 8.94. The lowest BCUT2D eigenvalue weighted by Crippen LogP contribution is -2.21. The molecule has 0 radical (unpaired) electrons. The van der Waals surface area contributed by atoms with Crippen molar-refractivity contribution in [2.24, 2.45) is 0 Å². The Hall–Kier alpha value is -3.32. The minimum absolute atomic E-state index is 0.122. The van der Waals surface area contributed by atoms with Gasteiger partial charge in [0, 0.05) is 23.2 Å². The van der Waals surface area contributed by atoms with Crippen molar-refractivity contribution in [3.63, 3.8) is 0 Å². The maximum absolute atomic E-state index is 11.9. The first kappa shape index (κ1) is 20.4. The molecule has 0 heterocycles. The molecule has 0 unspecified atom stereocenters. The summed E-state index contributed by atoms with van der Waals surface area (Å²) >= 11 is 1.36. The van der Waals surface area contributed by atoms with Crippen LogP contribution in [0.2, 0.25) is 0 Å². The Morgan fingerprint density at radius 1 is 0.862 bits per heavy atom. The van der Waals surface area contributed by atoms with Crippen molar-refractivity contribution in [2.45, 2.75) is 11.8 Å². The van der Waals surface area contributed by atoms with Gasteiger partial charge in [0.1, 0.15) is 0 Å². The molecule has 3 rings (SSSR count). The zero-order chi connectivity index (χ0) is 20.6. The highest BCUT2D eigenvalue weighted by atomic mass is 32.2. The van der Waals surface area contributed by atoms with Gasteiger partial charge < -0.3 is 15.4 Å². The molecule has 0 aliphatic carbocycles. The second-order valence-corrected chi connectivity index (χ2v) is 7.31. The van der Waals surface area contributed by atoms with Crippen LogP contribution in [0.15, 0.2) is 71.6 Å². The number of hydrogen-bond donors (Lipinski definition) is 2. The molecule has 0 spiro atoms. The summed E-state index contributed by atoms with van der Waals surface area (Å²) in [5.74, 6) is -0.937. The third-order valence-corrected chi connectivity index (χ3v) is 4.90. The van der Waals surface area contributed by atoms with Gasteiger partial charge in [-0.3, -0.25) is 14.4 Å². The molecule has 0 saturated carbocycles. The van der Waals surface area contributed by atoms with Crippen LogP contribution < -0.4 is 10.6 Å². The van der Waals surface area contributed by atoms with Crippen LogP contribution in [-0.2, 0) is 19.1 Å². The van der Waals surface area contributed by atoms with Crippen molar-refractivity contribution in [1.82, 2.24) is 0 Å². The number of benzene rings is 3. The SMILES string of the molecule is CC(=O)Nc1ccc(NC(=O)COC(=O)CSc2ccc3ccccc3c2)cc1. The second-order valence-electron chi connectivity index (χ2n) is 6.27. The van der Waals surface area contributed by atoms with Gasteiger partial charge in [-0.1, -0.05) is 30.3 Å². The van der Waals surface area contributed by atoms with E-state index in [1.807, 2.05) is 42.5 Å². The third kappa shape index (κ3) is 6.36. The molecule has 0 fully saturated rings. The Morgan fingerprint density at radius 2 is 1.52 bits per heavy atom. The van der Waals surface area contributed by atoms with E-state index in [-0.39, 0.29) is 18.3 Å². The zero-order valence-electron chi connectivity index (χ0n) is 15.8. The lowest BCUT2D eigenvalue weighted by molar-refractivity contribution is -0.144. The second kappa shape index (κ2) is 9.75. The van der Waals surface area contributed by atoms with Gasteiger partial charge in [0.2, 0.25) is 5.91 Å². The van der Waals surface area contributed by atoms with E-state index in [0.29, 0.717) is 11.4 Å². The average Bonchev–Trinajstić information content (AvgIpc) is 2.71. The highest BCUT2D eigenvalue weighted by molar-refractivity contribution is 8.00. The molecule has 3 aromatic carbocycles. The van der Waals surface area contributed by atoms with Gasteiger partial charge in [-0.2, -0.15) is 0 Å². The van der Waals surface area contributed by atoms with Gasteiger partial charge in [0.25, 0.3) is 5.91 Å². The fourth-order valence-corrected chi connectivity index (χ4v) is 3.37. The van der Waals surface area contributed by atoms with Crippen LogP contribution in [0.25, 0.3) is 10.8 Å². The predicted octanol–water partition coefficient (Wildman–Crippen LogP) is 4.07. The largest absolute Gasteiger partial charge is 0.455 e. The van der Waals surface area contributed by atoms with E-state index < -0.39 is 11.9 Å². The van der Waals surface area contributed by atoms with Gasteiger partial charge in [-0.15, -0.1) is 11.8 Å². The maximum atomic E-state index is 11.9. The molecule has 2 N–H and O–H groups in total. The molecule has 2 amide bonds. The van der Waals surface area contributed by atoms with E-state index in [9.17, 15) is 14.4 Å². The molecule has 0 bridgehead atoms. The number of thioether (sulfide) groups is 1. The summed E-state index contributed by atoms with van der Waals surface area (Å²) in [5, 5.41) is 7.52. The van der Waals surface area contributed by atoms with Crippen LogP contribution in [0.1, 0.15) is 6.92 Å². The number of carbonyl (C=O) groups excluding carboxylic acids is 3. The summed E-state index contributed by atoms with van der Waals surface area (Å²) in [4.78, 5) is 35.8. The van der Waals surface area contributed by atoms with Crippen molar-refractivity contribution in [2.75, 3.05) is 23.0 Å². The summed E-state index contributed by atoms with van der Waals surface area (Å²) in [7, 11) is 0. The topological polar surface area (TPSA) is 84.5 Å². The molecule has 6 nitrogen and oxygen atoms in total. The molecular weight excluding hydrogens is 388 g/mol. The van der Waals surface area contributed by atoms with Gasteiger partial charge in [-0.05, 0) is 47.2 Å². The maximum Gasteiger partial charge on any atom is 0.316 e. The van der Waals surface area contributed by atoms with E-state index in [1.54, 1.807) is 24.3 Å². The number of hydrogen-bond acceptors (Lipinski definition) is 5. The lowest BCUT2D eigenvalue weighted by atomic mass is 10.1. The van der Waals surface area contributed by atoms with Crippen LogP contribution in [0.3, 0.4) is 0 Å². The van der Waals surface area contributed by atoms with Gasteiger partial charge in [-0.25, -0.2) is 0 Å². The Kier molecular flexibility index (Phi) is 6.86. The molecule has 0 aliphatic heterocycles. The molecule has 148 valence electrons. The van der Waals surface area contributed by atoms with Crippen molar-refractivity contribution in [3.05, 3.63) is 66.7 Å². The van der Waals surface area contributed by atoms with Gasteiger partial charge >= 0.3 is 5.97 Å². The van der Waals surface area contributed by atoms with Crippen LogP contribution in [0.5, 0.6) is 0 Å². The number of amides is 2. The molecule has 0 atom stereocenters. The highest BCUT2D eigenvalue weighted by Gasteiger charge is 2.09. The number of ether oxygens (including phenoxy) is 1. The molecule has 0 aliphatic rings. The minimum Gasteiger partial charge on any atom is -0.455 e. The van der Waals surface area contributed by atoms with Crippen molar-refractivity contribution < 1.29 is 19.1 Å². The zero-order valence-corrected chi connectivity index (χ0v) is 16.6. The van der Waals surface area contributed by atoms with E-state index in [4.69, 9.17) is 4.74 Å². The van der Waals surface area contributed by atoms with Gasteiger partial charge in [0.05, 0.1) is 5.75 Å². The molecular formula is C22H20N2O4S. The van der Waals surface area contributed by atoms with Crippen molar-refractivity contribution >= 4 is 51.7 Å². The number of fused-ring (bicyclic) bond motifs is 1. The van der Waals surface area contributed by atoms with E-state index >= 15 is 0 Å². The summed E-state index contributed by atoms with van der Waals surface area (Å²) in [6.45, 7) is 1.06. The summed E-state index contributed by atoms with van der Waals surface area (Å²) < 4.78 is 5.03. The number of rotatable bonds is 7. The first-order chi connectivity index (χ1) is 14.0. The molecule has 29 heavy (non-hydrogen) atoms. The standard InChI is InChI=1S/C22H20N2O4S/c1-15(25)23-18-7-9-19(10-8-18)24-21(26)13-28-22(27)14-29-20-11-6-16-4-2-3-5-17(16)12-20/h2-12H,13-14H2,1H3,(H,23,25)(H,24,26). The van der Waals surface area contributed by atoms with Crippen LogP contribution >= 0.6 is 11.8 Å². The third-order valence-electron chi connectivity index (χ3n) is 3.93. The quantitative estimate of drug-likeness (QED) is 0.455. The monoisotopic (exact) mass is 408 g/mol. The smallest absolute Gasteiger partial charge is 0.316 e. The lowest BCUT2D eigenvalue weighted by Gasteiger charge is -2.08. The summed E-state index contributed by atoms with van der Waals surface area (Å²) in [5.41, 5.74) is 1.18. The highest BCUT2D eigenvalue weighted by Crippen LogP contribution is 2.23. The van der Waals surface area contributed by atoms with Crippen molar-refractivity contribution in [3.8, 4) is 0 Å². The van der Waals surface area contributed by atoms with Crippen LogP contribution in [-0.4, -0.2) is 30.1 Å².